The van der Waals surface area contributed by atoms with Crippen LogP contribution in [0, 0.1) is 0 Å². The van der Waals surface area contributed by atoms with E-state index in [1.54, 1.807) is 0 Å². The largest absolute Gasteiger partial charge is 0.473 e. The molecule has 5 aromatic rings. The Balaban J connectivity index is 1.48. The first-order valence-electron chi connectivity index (χ1n) is 13.5. The summed E-state index contributed by atoms with van der Waals surface area (Å²) in [5.41, 5.74) is 8.59. The van der Waals surface area contributed by atoms with Crippen molar-refractivity contribution in [3.63, 3.8) is 0 Å². The van der Waals surface area contributed by atoms with Gasteiger partial charge in [0.05, 0.1) is 0 Å². The fraction of sp³-hybridized carbons (Fsp3) is 0.167. The van der Waals surface area contributed by atoms with Crippen molar-refractivity contribution in [2.45, 2.75) is 36.7 Å². The fourth-order valence-corrected chi connectivity index (χ4v) is 7.35. The van der Waals surface area contributed by atoms with Crippen molar-refractivity contribution < 1.29 is 4.74 Å². The molecule has 2 aliphatic carbocycles. The Bertz CT molecular complexity index is 1640. The van der Waals surface area contributed by atoms with Crippen molar-refractivity contribution in [3.8, 4) is 16.9 Å². The standard InChI is InChI=1S/C36H28O/c1-3-12-24(13-4-1)36(25-14-5-2-6-15-25)23-22-32-28-17-8-10-19-30(28)33-29-18-9-7-16-26(29)27-20-11-21-31(27)34(33)35(32)37-36/h1-10,12-19,22-23,27,31H,11,20-21H2. The van der Waals surface area contributed by atoms with Gasteiger partial charge in [-0.25, -0.2) is 0 Å². The molecule has 0 N–H and O–H groups in total. The summed E-state index contributed by atoms with van der Waals surface area (Å²) in [6.45, 7) is 0. The van der Waals surface area contributed by atoms with Gasteiger partial charge < -0.3 is 4.74 Å². The zero-order valence-electron chi connectivity index (χ0n) is 20.7. The lowest BCUT2D eigenvalue weighted by molar-refractivity contribution is 0.158. The van der Waals surface area contributed by atoms with Crippen LogP contribution in [0.5, 0.6) is 5.75 Å². The molecule has 0 aromatic heterocycles. The molecule has 1 nitrogen and oxygen atoms in total. The van der Waals surface area contributed by atoms with E-state index >= 15 is 0 Å². The van der Waals surface area contributed by atoms with E-state index in [2.05, 4.69) is 121 Å². The van der Waals surface area contributed by atoms with Gasteiger partial charge in [0, 0.05) is 22.3 Å². The average molecular weight is 477 g/mol. The van der Waals surface area contributed by atoms with Crippen molar-refractivity contribution in [1.29, 1.82) is 0 Å². The van der Waals surface area contributed by atoms with Crippen molar-refractivity contribution in [2.75, 3.05) is 0 Å². The molecule has 3 aliphatic rings. The number of fused-ring (bicyclic) bond motifs is 11. The number of rotatable bonds is 2. The van der Waals surface area contributed by atoms with Crippen LogP contribution in [0.15, 0.2) is 115 Å². The number of ether oxygens (including phenoxy) is 1. The molecule has 2 unspecified atom stereocenters. The van der Waals surface area contributed by atoms with Gasteiger partial charge in [-0.05, 0) is 64.3 Å². The maximum Gasteiger partial charge on any atom is 0.178 e. The molecule has 0 amide bonds. The molecule has 1 heteroatoms. The third-order valence-corrected chi connectivity index (χ3v) is 8.91. The second kappa shape index (κ2) is 7.95. The normalized spacial score (nSPS) is 20.4. The highest BCUT2D eigenvalue weighted by atomic mass is 16.5. The van der Waals surface area contributed by atoms with Crippen LogP contribution in [0.2, 0.25) is 0 Å². The summed E-state index contributed by atoms with van der Waals surface area (Å²) in [5.74, 6) is 2.13. The Hall–Kier alpha value is -4.10. The summed E-state index contributed by atoms with van der Waals surface area (Å²) in [6.07, 6.45) is 8.35. The zero-order valence-corrected chi connectivity index (χ0v) is 20.7. The van der Waals surface area contributed by atoms with Gasteiger partial charge in [0.1, 0.15) is 5.75 Å². The molecule has 0 spiro atoms. The van der Waals surface area contributed by atoms with Gasteiger partial charge in [0.25, 0.3) is 0 Å². The van der Waals surface area contributed by atoms with E-state index in [1.165, 1.54) is 57.9 Å². The Morgan fingerprint density at radius 2 is 1.24 bits per heavy atom. The summed E-state index contributed by atoms with van der Waals surface area (Å²) in [6, 6.07) is 39.5. The molecule has 1 saturated carbocycles. The summed E-state index contributed by atoms with van der Waals surface area (Å²) in [4.78, 5) is 0. The predicted octanol–water partition coefficient (Wildman–Crippen LogP) is 9.22. The van der Waals surface area contributed by atoms with E-state index in [0.29, 0.717) is 11.8 Å². The molecule has 1 heterocycles. The van der Waals surface area contributed by atoms with Crippen LogP contribution in [0.3, 0.4) is 0 Å². The Morgan fingerprint density at radius 1 is 0.622 bits per heavy atom. The quantitative estimate of drug-likeness (QED) is 0.247. The van der Waals surface area contributed by atoms with Crippen molar-refractivity contribution >= 4 is 16.8 Å². The molecule has 37 heavy (non-hydrogen) atoms. The minimum absolute atomic E-state index is 0.485. The second-order valence-corrected chi connectivity index (χ2v) is 10.7. The van der Waals surface area contributed by atoms with Gasteiger partial charge in [0.2, 0.25) is 0 Å². The molecule has 8 rings (SSSR count). The molecule has 0 radical (unpaired) electrons. The Kier molecular flexibility index (Phi) is 4.52. The second-order valence-electron chi connectivity index (χ2n) is 10.7. The van der Waals surface area contributed by atoms with Crippen LogP contribution in [-0.4, -0.2) is 0 Å². The molecule has 0 saturated heterocycles. The summed E-state index contributed by atoms with van der Waals surface area (Å²) in [5, 5.41) is 2.61. The van der Waals surface area contributed by atoms with Crippen molar-refractivity contribution in [2.24, 2.45) is 0 Å². The molecule has 1 fully saturated rings. The lowest BCUT2D eigenvalue weighted by Crippen LogP contribution is -2.35. The van der Waals surface area contributed by atoms with E-state index in [4.69, 9.17) is 4.74 Å². The van der Waals surface area contributed by atoms with Crippen LogP contribution >= 0.6 is 0 Å². The van der Waals surface area contributed by atoms with Gasteiger partial charge in [-0.2, -0.15) is 0 Å². The predicted molar refractivity (Wildman–Crippen MR) is 152 cm³/mol. The van der Waals surface area contributed by atoms with E-state index in [1.807, 2.05) is 0 Å². The number of hydrogen-bond acceptors (Lipinski definition) is 1. The molecule has 1 aliphatic heterocycles. The highest BCUT2D eigenvalue weighted by molar-refractivity contribution is 6.07. The van der Waals surface area contributed by atoms with Crippen LogP contribution in [0.4, 0.5) is 0 Å². The first-order valence-corrected chi connectivity index (χ1v) is 13.5. The van der Waals surface area contributed by atoms with Crippen LogP contribution in [-0.2, 0) is 5.60 Å². The van der Waals surface area contributed by atoms with Gasteiger partial charge in [0.15, 0.2) is 5.60 Å². The van der Waals surface area contributed by atoms with Gasteiger partial charge in [-0.3, -0.25) is 0 Å². The minimum Gasteiger partial charge on any atom is -0.473 e. The van der Waals surface area contributed by atoms with E-state index < -0.39 is 5.60 Å². The number of hydrogen-bond donors (Lipinski definition) is 0. The van der Waals surface area contributed by atoms with Crippen molar-refractivity contribution in [3.05, 3.63) is 143 Å². The van der Waals surface area contributed by atoms with Crippen LogP contribution in [0.25, 0.3) is 28.0 Å². The highest BCUT2D eigenvalue weighted by Crippen LogP contribution is 2.61. The Morgan fingerprint density at radius 3 is 2.00 bits per heavy atom. The molecular formula is C36H28O. The SMILES string of the molecule is C1=CC(c2ccccc2)(c2ccccc2)Oc2c3c(c4ccccc4c21)-c1ccccc1C1CCCC31. The summed E-state index contributed by atoms with van der Waals surface area (Å²) in [7, 11) is 0. The lowest BCUT2D eigenvalue weighted by atomic mass is 9.70. The molecule has 5 aromatic carbocycles. The molecule has 0 bridgehead atoms. The maximum absolute atomic E-state index is 7.43. The topological polar surface area (TPSA) is 9.23 Å². The maximum atomic E-state index is 7.43. The molecule has 2 atom stereocenters. The third kappa shape index (κ3) is 2.92. The lowest BCUT2D eigenvalue weighted by Gasteiger charge is -2.41. The van der Waals surface area contributed by atoms with Crippen LogP contribution in [0.1, 0.15) is 58.9 Å². The van der Waals surface area contributed by atoms with E-state index in [9.17, 15) is 0 Å². The Labute approximate surface area is 218 Å². The number of benzene rings is 5. The smallest absolute Gasteiger partial charge is 0.178 e. The minimum atomic E-state index is -0.670. The fourth-order valence-electron chi connectivity index (χ4n) is 7.35. The zero-order chi connectivity index (χ0) is 24.4. The van der Waals surface area contributed by atoms with Gasteiger partial charge >= 0.3 is 0 Å². The highest BCUT2D eigenvalue weighted by Gasteiger charge is 2.44. The van der Waals surface area contributed by atoms with Gasteiger partial charge in [-0.15, -0.1) is 0 Å². The van der Waals surface area contributed by atoms with Gasteiger partial charge in [-0.1, -0.05) is 116 Å². The first-order chi connectivity index (χ1) is 18.4. The molecular weight excluding hydrogens is 448 g/mol. The monoisotopic (exact) mass is 476 g/mol. The molecule has 178 valence electrons. The van der Waals surface area contributed by atoms with Crippen LogP contribution < -0.4 is 4.74 Å². The summed E-state index contributed by atoms with van der Waals surface area (Å²) < 4.78 is 7.43. The third-order valence-electron chi connectivity index (χ3n) is 8.91. The van der Waals surface area contributed by atoms with Crippen molar-refractivity contribution in [1.82, 2.24) is 0 Å². The summed E-state index contributed by atoms with van der Waals surface area (Å²) >= 11 is 0. The average Bonchev–Trinajstić information content (AvgIpc) is 3.48. The first kappa shape index (κ1) is 21.0. The van der Waals surface area contributed by atoms with E-state index in [-0.39, 0.29) is 0 Å². The van der Waals surface area contributed by atoms with E-state index in [0.717, 1.165) is 16.9 Å².